The zero-order chi connectivity index (χ0) is 17.9. The number of hydrogen-bond donors (Lipinski definition) is 0. The van der Waals surface area contributed by atoms with Crippen molar-refractivity contribution in [1.29, 1.82) is 0 Å². The van der Waals surface area contributed by atoms with Crippen molar-refractivity contribution in [2.75, 3.05) is 0 Å². The zero-order valence-corrected chi connectivity index (χ0v) is 11.7. The SMILES string of the molecule is O=[N+]([O-])[O-].O=[N+]([O-])[O-].O=[N+]([O-])[O-].O=[N+]([O-])[O-].O=[N+]([O-])[O-].[Ca+2].[N+3]. The van der Waals surface area contributed by atoms with E-state index >= 15 is 0 Å². The summed E-state index contributed by atoms with van der Waals surface area (Å²) in [6, 6.07) is 0. The molecular weight excluding hydrogens is 364 g/mol. The predicted molar refractivity (Wildman–Crippen MR) is 59.7 cm³/mol. The summed E-state index contributed by atoms with van der Waals surface area (Å²) < 4.78 is 0. The van der Waals surface area contributed by atoms with Crippen molar-refractivity contribution in [2.45, 2.75) is 0 Å². The van der Waals surface area contributed by atoms with Crippen LogP contribution >= 0.6 is 0 Å². The molecule has 0 unspecified atom stereocenters. The molecule has 0 amide bonds. The third kappa shape index (κ3) is 471. The number of hydrogen-bond acceptors (Lipinski definition) is 15. The predicted octanol–water partition coefficient (Wildman–Crippen LogP) is -2.06. The smallest absolute Gasteiger partial charge is 0.356 e. The molecule has 0 saturated heterocycles. The maximum absolute atomic E-state index is 8.25. The average Bonchev–Trinajstić information content (AvgIpc) is 1.94. The van der Waals surface area contributed by atoms with E-state index in [0.717, 1.165) is 0 Å². The second-order valence-electron chi connectivity index (χ2n) is 1.12. The van der Waals surface area contributed by atoms with E-state index in [1.165, 1.54) is 0 Å². The molecule has 21 nitrogen and oxygen atoms in total. The van der Waals surface area contributed by atoms with Crippen molar-refractivity contribution >= 4 is 37.7 Å². The molecule has 0 atom stereocenters. The Labute approximate surface area is 146 Å². The Bertz CT molecular complexity index is 209. The number of rotatable bonds is 0. The average molecular weight is 364 g/mol. The topological polar surface area (TPSA) is 361 Å². The van der Waals surface area contributed by atoms with Gasteiger partial charge in [-0.15, -0.1) is 0 Å². The van der Waals surface area contributed by atoms with E-state index in [-0.39, 0.29) is 43.9 Å². The molecular formula is CaN6O15. The van der Waals surface area contributed by atoms with Gasteiger partial charge in [0, 0.05) is 0 Å². The Hall–Kier alpha value is -3.03. The van der Waals surface area contributed by atoms with Gasteiger partial charge < -0.3 is 76.6 Å². The van der Waals surface area contributed by atoms with Crippen molar-refractivity contribution in [3.8, 4) is 0 Å². The summed E-state index contributed by atoms with van der Waals surface area (Å²) in [4.78, 5) is 41.2. The van der Waals surface area contributed by atoms with Gasteiger partial charge in [-0.3, -0.25) is 0 Å². The summed E-state index contributed by atoms with van der Waals surface area (Å²) in [5.74, 6) is 0. The zero-order valence-electron chi connectivity index (χ0n) is 9.51. The summed E-state index contributed by atoms with van der Waals surface area (Å²) in [6.07, 6.45) is 0. The van der Waals surface area contributed by atoms with Crippen molar-refractivity contribution in [3.05, 3.63) is 76.6 Å². The van der Waals surface area contributed by atoms with Crippen LogP contribution in [0.4, 0.5) is 0 Å². The maximum Gasteiger partial charge on any atom is 3.00 e. The molecule has 122 valence electrons. The molecule has 0 aromatic rings. The molecule has 0 aromatic heterocycles. The largest absolute Gasteiger partial charge is 3.00 e. The first kappa shape index (κ1) is 42.8. The number of nitrogens with zero attached hydrogens (tertiary/aromatic N) is 6. The van der Waals surface area contributed by atoms with Gasteiger partial charge in [0.1, 0.15) is 0 Å². The van der Waals surface area contributed by atoms with Crippen LogP contribution in [-0.4, -0.2) is 63.2 Å². The van der Waals surface area contributed by atoms with E-state index in [9.17, 15) is 0 Å². The maximum atomic E-state index is 8.25. The summed E-state index contributed by atoms with van der Waals surface area (Å²) in [6.45, 7) is 0. The Morgan fingerprint density at radius 3 is 0.364 bits per heavy atom. The Morgan fingerprint density at radius 2 is 0.364 bits per heavy atom. The van der Waals surface area contributed by atoms with E-state index < -0.39 is 25.4 Å². The van der Waals surface area contributed by atoms with Gasteiger partial charge in [-0.1, -0.05) is 0 Å². The Kier molecular flexibility index (Phi) is 70.2. The van der Waals surface area contributed by atoms with Crippen LogP contribution in [0.1, 0.15) is 0 Å². The van der Waals surface area contributed by atoms with Gasteiger partial charge in [0.05, 0.1) is 25.4 Å². The van der Waals surface area contributed by atoms with Gasteiger partial charge in [0.25, 0.3) is 0 Å². The normalized spacial score (nSPS) is 5.45. The van der Waals surface area contributed by atoms with Crippen molar-refractivity contribution in [3.63, 3.8) is 0 Å². The van der Waals surface area contributed by atoms with Gasteiger partial charge in [0.15, 0.2) is 0 Å². The van der Waals surface area contributed by atoms with Gasteiger partial charge in [0.2, 0.25) is 0 Å². The van der Waals surface area contributed by atoms with E-state index in [1.54, 1.807) is 0 Å². The van der Waals surface area contributed by atoms with Crippen LogP contribution < -0.4 is 6.15 Å². The van der Waals surface area contributed by atoms with E-state index in [2.05, 4.69) is 0 Å². The molecule has 0 saturated carbocycles. The summed E-state index contributed by atoms with van der Waals surface area (Å²) in [7, 11) is 0. The molecule has 0 fully saturated rings. The molecule has 22 heavy (non-hydrogen) atoms. The second kappa shape index (κ2) is 36.1. The summed E-state index contributed by atoms with van der Waals surface area (Å²) >= 11 is 0. The Morgan fingerprint density at radius 1 is 0.364 bits per heavy atom. The molecule has 0 aromatic carbocycles. The van der Waals surface area contributed by atoms with Crippen LogP contribution in [0.2, 0.25) is 0 Å². The van der Waals surface area contributed by atoms with Gasteiger partial charge in [-0.05, 0) is 0 Å². The van der Waals surface area contributed by atoms with Crippen molar-refractivity contribution in [2.24, 2.45) is 0 Å². The van der Waals surface area contributed by atoms with Gasteiger partial charge in [-0.25, -0.2) is 0 Å². The van der Waals surface area contributed by atoms with E-state index in [1.807, 2.05) is 0 Å². The molecule has 0 N–H and O–H groups in total. The first-order valence-corrected chi connectivity index (χ1v) is 2.74. The van der Waals surface area contributed by atoms with Crippen molar-refractivity contribution in [1.82, 2.24) is 6.15 Å². The van der Waals surface area contributed by atoms with Gasteiger partial charge in [-0.2, -0.15) is 0 Å². The summed E-state index contributed by atoms with van der Waals surface area (Å²) in [5, 5.41) is 73.8. The van der Waals surface area contributed by atoms with Crippen LogP contribution in [0, 0.1) is 76.6 Å². The molecule has 0 aliphatic rings. The minimum atomic E-state index is -1.75. The van der Waals surface area contributed by atoms with Crippen LogP contribution in [-0.2, 0) is 0 Å². The molecule has 0 heterocycles. The Balaban J connectivity index is -0.0000000250. The van der Waals surface area contributed by atoms with Crippen LogP contribution in [0.15, 0.2) is 0 Å². The van der Waals surface area contributed by atoms with Crippen LogP contribution in [0.25, 0.3) is 0 Å². The molecule has 0 rings (SSSR count). The molecule has 2 radical (unpaired) electrons. The third-order valence-electron chi connectivity index (χ3n) is 0. The summed E-state index contributed by atoms with van der Waals surface area (Å²) in [5.41, 5.74) is 0. The van der Waals surface area contributed by atoms with Crippen molar-refractivity contribution < 1.29 is 25.4 Å². The molecule has 0 aliphatic carbocycles. The molecule has 0 bridgehead atoms. The third-order valence-corrected chi connectivity index (χ3v) is 0. The minimum absolute atomic E-state index is 0. The first-order chi connectivity index (χ1) is 8.66. The molecule has 22 heteroatoms. The quantitative estimate of drug-likeness (QED) is 0.253. The van der Waals surface area contributed by atoms with E-state index in [4.69, 9.17) is 76.6 Å². The monoisotopic (exact) mass is 364 g/mol. The van der Waals surface area contributed by atoms with Crippen LogP contribution in [0.5, 0.6) is 0 Å². The van der Waals surface area contributed by atoms with Gasteiger partial charge >= 0.3 is 43.9 Å². The molecule has 0 spiro atoms. The van der Waals surface area contributed by atoms with E-state index in [0.29, 0.717) is 0 Å². The van der Waals surface area contributed by atoms with Crippen LogP contribution in [0.3, 0.4) is 0 Å². The molecule has 0 aliphatic heterocycles. The minimum Gasteiger partial charge on any atom is -0.356 e. The standard InChI is InChI=1S/Ca.5NO3.N/c;5*2-1(3)4;/q+2;5*-1;+3. The fourth-order valence-electron chi connectivity index (χ4n) is 0. The fourth-order valence-corrected chi connectivity index (χ4v) is 0. The fraction of sp³-hybridized carbons (Fsp3) is 0. The first-order valence-electron chi connectivity index (χ1n) is 2.74. The second-order valence-corrected chi connectivity index (χ2v) is 1.12.